The topological polar surface area (TPSA) is 48.1 Å². The maximum absolute atomic E-state index is 5.63. The molecule has 1 aromatic heterocycles. The molecule has 2 N–H and O–H groups in total. The van der Waals surface area contributed by atoms with E-state index in [1.54, 1.807) is 6.07 Å². The van der Waals surface area contributed by atoms with Gasteiger partial charge in [-0.3, -0.25) is 0 Å². The first-order chi connectivity index (χ1) is 6.18. The molecule has 0 fully saturated rings. The van der Waals surface area contributed by atoms with Gasteiger partial charge >= 0.3 is 0 Å². The van der Waals surface area contributed by atoms with E-state index in [0.29, 0.717) is 17.7 Å². The van der Waals surface area contributed by atoms with Crippen LogP contribution in [0.1, 0.15) is 25.5 Å². The summed E-state index contributed by atoms with van der Waals surface area (Å²) in [5.41, 5.74) is 6.65. The molecule has 1 aliphatic heterocycles. The Balaban J connectivity index is 2.40. The van der Waals surface area contributed by atoms with Crippen LogP contribution < -0.4 is 10.5 Å². The maximum atomic E-state index is 5.63. The summed E-state index contributed by atoms with van der Waals surface area (Å²) in [5.74, 6) is 2.43. The van der Waals surface area contributed by atoms with Gasteiger partial charge in [-0.25, -0.2) is 4.98 Å². The quantitative estimate of drug-likeness (QED) is 0.713. The smallest absolute Gasteiger partial charge is 0.141 e. The Kier molecular flexibility index (Phi) is 1.87. The van der Waals surface area contributed by atoms with Crippen molar-refractivity contribution in [3.63, 3.8) is 0 Å². The van der Waals surface area contributed by atoms with Crippen molar-refractivity contribution in [2.75, 3.05) is 12.3 Å². The number of hydrogen-bond acceptors (Lipinski definition) is 3. The first-order valence-electron chi connectivity index (χ1n) is 4.57. The molecule has 3 heteroatoms. The van der Waals surface area contributed by atoms with E-state index in [4.69, 9.17) is 10.5 Å². The van der Waals surface area contributed by atoms with Crippen molar-refractivity contribution >= 4 is 5.82 Å². The molecule has 0 spiro atoms. The summed E-state index contributed by atoms with van der Waals surface area (Å²) in [6.07, 6.45) is 0. The van der Waals surface area contributed by atoms with Crippen molar-refractivity contribution in [2.24, 2.45) is 5.92 Å². The van der Waals surface area contributed by atoms with E-state index in [9.17, 15) is 0 Å². The molecule has 2 heterocycles. The average molecular weight is 178 g/mol. The SMILES string of the molecule is CC(C)C1COc2ccc(N)nc21. The fourth-order valence-electron chi connectivity index (χ4n) is 1.63. The fourth-order valence-corrected chi connectivity index (χ4v) is 1.63. The molecule has 0 amide bonds. The highest BCUT2D eigenvalue weighted by Crippen LogP contribution is 2.36. The van der Waals surface area contributed by atoms with Gasteiger partial charge in [0, 0.05) is 5.92 Å². The lowest BCUT2D eigenvalue weighted by atomic mass is 9.94. The van der Waals surface area contributed by atoms with E-state index < -0.39 is 0 Å². The highest BCUT2D eigenvalue weighted by molar-refractivity contribution is 5.42. The number of fused-ring (bicyclic) bond motifs is 1. The summed E-state index contributed by atoms with van der Waals surface area (Å²) in [7, 11) is 0. The molecule has 0 aromatic carbocycles. The molecule has 0 saturated heterocycles. The van der Waals surface area contributed by atoms with Gasteiger partial charge in [0.1, 0.15) is 11.6 Å². The number of hydrogen-bond donors (Lipinski definition) is 1. The number of aromatic nitrogens is 1. The molecule has 2 rings (SSSR count). The summed E-state index contributed by atoms with van der Waals surface area (Å²) in [6, 6.07) is 3.68. The summed E-state index contributed by atoms with van der Waals surface area (Å²) in [4.78, 5) is 4.31. The van der Waals surface area contributed by atoms with Gasteiger partial charge in [0.2, 0.25) is 0 Å². The Bertz CT molecular complexity index is 323. The third-order valence-electron chi connectivity index (χ3n) is 2.48. The monoisotopic (exact) mass is 178 g/mol. The van der Waals surface area contributed by atoms with Gasteiger partial charge in [-0.2, -0.15) is 0 Å². The van der Waals surface area contributed by atoms with Gasteiger partial charge in [-0.05, 0) is 18.1 Å². The van der Waals surface area contributed by atoms with Crippen molar-refractivity contribution in [1.29, 1.82) is 0 Å². The van der Waals surface area contributed by atoms with Gasteiger partial charge < -0.3 is 10.5 Å². The zero-order chi connectivity index (χ0) is 9.42. The molecule has 0 saturated carbocycles. The Morgan fingerprint density at radius 2 is 2.31 bits per heavy atom. The second-order valence-electron chi connectivity index (χ2n) is 3.78. The van der Waals surface area contributed by atoms with E-state index >= 15 is 0 Å². The summed E-state index contributed by atoms with van der Waals surface area (Å²) in [5, 5.41) is 0. The first kappa shape index (κ1) is 8.35. The Morgan fingerprint density at radius 1 is 1.54 bits per heavy atom. The lowest BCUT2D eigenvalue weighted by Crippen LogP contribution is -2.09. The molecule has 13 heavy (non-hydrogen) atoms. The van der Waals surface area contributed by atoms with Crippen LogP contribution in [0.2, 0.25) is 0 Å². The van der Waals surface area contributed by atoms with Crippen LogP contribution in [0.5, 0.6) is 5.75 Å². The van der Waals surface area contributed by atoms with E-state index in [1.165, 1.54) is 0 Å². The highest BCUT2D eigenvalue weighted by Gasteiger charge is 2.28. The number of nitrogen functional groups attached to an aromatic ring is 1. The largest absolute Gasteiger partial charge is 0.491 e. The molecule has 0 radical (unpaired) electrons. The van der Waals surface area contributed by atoms with Gasteiger partial charge in [-0.15, -0.1) is 0 Å². The van der Waals surface area contributed by atoms with Crippen LogP contribution in [0.25, 0.3) is 0 Å². The lowest BCUT2D eigenvalue weighted by molar-refractivity contribution is 0.303. The molecule has 1 unspecified atom stereocenters. The molecule has 1 aliphatic rings. The van der Waals surface area contributed by atoms with Crippen molar-refractivity contribution in [3.8, 4) is 5.75 Å². The molecular formula is C10H14N2O. The van der Waals surface area contributed by atoms with E-state index in [2.05, 4.69) is 18.8 Å². The third kappa shape index (κ3) is 1.34. The molecule has 70 valence electrons. The first-order valence-corrected chi connectivity index (χ1v) is 4.57. The number of pyridine rings is 1. The van der Waals surface area contributed by atoms with Crippen molar-refractivity contribution in [2.45, 2.75) is 19.8 Å². The molecular weight excluding hydrogens is 164 g/mol. The molecule has 0 aliphatic carbocycles. The van der Waals surface area contributed by atoms with Crippen LogP contribution in [0.4, 0.5) is 5.82 Å². The predicted octanol–water partition coefficient (Wildman–Crippen LogP) is 1.80. The minimum atomic E-state index is 0.401. The molecule has 1 aromatic rings. The minimum Gasteiger partial charge on any atom is -0.491 e. The second kappa shape index (κ2) is 2.91. The van der Waals surface area contributed by atoms with E-state index in [0.717, 1.165) is 18.1 Å². The number of ether oxygens (including phenoxy) is 1. The molecule has 0 bridgehead atoms. The molecule has 3 nitrogen and oxygen atoms in total. The van der Waals surface area contributed by atoms with Crippen LogP contribution >= 0.6 is 0 Å². The summed E-state index contributed by atoms with van der Waals surface area (Å²) < 4.78 is 5.51. The predicted molar refractivity (Wildman–Crippen MR) is 51.7 cm³/mol. The number of anilines is 1. The van der Waals surface area contributed by atoms with Crippen LogP contribution in [-0.4, -0.2) is 11.6 Å². The van der Waals surface area contributed by atoms with Crippen LogP contribution in [0, 0.1) is 5.92 Å². The summed E-state index contributed by atoms with van der Waals surface area (Å²) >= 11 is 0. The van der Waals surface area contributed by atoms with Crippen molar-refractivity contribution in [3.05, 3.63) is 17.8 Å². The second-order valence-corrected chi connectivity index (χ2v) is 3.78. The number of nitrogens with two attached hydrogens (primary N) is 1. The maximum Gasteiger partial charge on any atom is 0.141 e. The van der Waals surface area contributed by atoms with Gasteiger partial charge in [0.15, 0.2) is 0 Å². The Hall–Kier alpha value is -1.25. The van der Waals surface area contributed by atoms with Gasteiger partial charge in [0.25, 0.3) is 0 Å². The average Bonchev–Trinajstić information content (AvgIpc) is 2.46. The Labute approximate surface area is 77.9 Å². The number of nitrogens with zero attached hydrogens (tertiary/aromatic N) is 1. The van der Waals surface area contributed by atoms with Crippen LogP contribution in [0.3, 0.4) is 0 Å². The zero-order valence-electron chi connectivity index (χ0n) is 7.95. The van der Waals surface area contributed by atoms with Gasteiger partial charge in [0.05, 0.1) is 12.3 Å². The Morgan fingerprint density at radius 3 is 3.00 bits per heavy atom. The highest BCUT2D eigenvalue weighted by atomic mass is 16.5. The van der Waals surface area contributed by atoms with Crippen LogP contribution in [-0.2, 0) is 0 Å². The van der Waals surface area contributed by atoms with E-state index in [-0.39, 0.29) is 0 Å². The van der Waals surface area contributed by atoms with E-state index in [1.807, 2.05) is 6.07 Å². The third-order valence-corrected chi connectivity index (χ3v) is 2.48. The van der Waals surface area contributed by atoms with Crippen molar-refractivity contribution in [1.82, 2.24) is 4.98 Å². The lowest BCUT2D eigenvalue weighted by Gasteiger charge is -2.11. The number of rotatable bonds is 1. The molecule has 1 atom stereocenters. The van der Waals surface area contributed by atoms with Crippen molar-refractivity contribution < 1.29 is 4.74 Å². The van der Waals surface area contributed by atoms with Crippen LogP contribution in [0.15, 0.2) is 12.1 Å². The standard InChI is InChI=1S/C10H14N2O/c1-6(2)7-5-13-8-3-4-9(11)12-10(7)8/h3-4,6-7H,5H2,1-2H3,(H2,11,12). The van der Waals surface area contributed by atoms with Gasteiger partial charge in [-0.1, -0.05) is 13.8 Å². The zero-order valence-corrected chi connectivity index (χ0v) is 7.95. The summed E-state index contributed by atoms with van der Waals surface area (Å²) in [6.45, 7) is 5.09. The fraction of sp³-hybridized carbons (Fsp3) is 0.500. The normalized spacial score (nSPS) is 20.1. The minimum absolute atomic E-state index is 0.401.